The van der Waals surface area contributed by atoms with E-state index in [0.29, 0.717) is 24.1 Å². The first-order chi connectivity index (χ1) is 11.5. The summed E-state index contributed by atoms with van der Waals surface area (Å²) in [6, 6.07) is 7.18. The fourth-order valence-electron chi connectivity index (χ4n) is 2.09. The van der Waals surface area contributed by atoms with Crippen LogP contribution in [-0.4, -0.2) is 29.1 Å². The third-order valence-corrected chi connectivity index (χ3v) is 4.82. The fraction of sp³-hybridized carbons (Fsp3) is 0.412. The number of rotatable bonds is 6. The van der Waals surface area contributed by atoms with Crippen LogP contribution in [0.25, 0.3) is 0 Å². The van der Waals surface area contributed by atoms with Crippen molar-refractivity contribution in [2.24, 2.45) is 4.99 Å². The molecule has 2 aromatic rings. The molecule has 7 heteroatoms. The minimum Gasteiger partial charge on any atom is -0.387 e. The molecule has 1 atom stereocenters. The number of guanidine groups is 1. The SMILES string of the molecule is CCNC(=NCc1nc(C)c(C)s1)NCC(O)c1ccc(Cl)cc1. The summed E-state index contributed by atoms with van der Waals surface area (Å²) >= 11 is 7.53. The van der Waals surface area contributed by atoms with Gasteiger partial charge in [0.15, 0.2) is 5.96 Å². The lowest BCUT2D eigenvalue weighted by atomic mass is 10.1. The highest BCUT2D eigenvalue weighted by Crippen LogP contribution is 2.17. The van der Waals surface area contributed by atoms with Gasteiger partial charge in [-0.3, -0.25) is 0 Å². The van der Waals surface area contributed by atoms with Gasteiger partial charge in [-0.15, -0.1) is 11.3 Å². The van der Waals surface area contributed by atoms with Crippen LogP contribution >= 0.6 is 22.9 Å². The van der Waals surface area contributed by atoms with Gasteiger partial charge in [-0.25, -0.2) is 9.98 Å². The number of aliphatic hydroxyl groups is 1. The van der Waals surface area contributed by atoms with Crippen LogP contribution in [0.2, 0.25) is 5.02 Å². The smallest absolute Gasteiger partial charge is 0.191 e. The first-order valence-corrected chi connectivity index (χ1v) is 9.07. The second kappa shape index (κ2) is 9.01. The van der Waals surface area contributed by atoms with Gasteiger partial charge in [-0.05, 0) is 38.5 Å². The Morgan fingerprint density at radius 1 is 1.29 bits per heavy atom. The number of thiazole rings is 1. The highest BCUT2D eigenvalue weighted by atomic mass is 35.5. The summed E-state index contributed by atoms with van der Waals surface area (Å²) in [6.45, 7) is 7.70. The first-order valence-electron chi connectivity index (χ1n) is 7.88. The highest BCUT2D eigenvalue weighted by molar-refractivity contribution is 7.11. The van der Waals surface area contributed by atoms with Crippen LogP contribution in [0, 0.1) is 13.8 Å². The summed E-state index contributed by atoms with van der Waals surface area (Å²) in [5.41, 5.74) is 1.87. The number of nitrogens with one attached hydrogen (secondary N) is 2. The quantitative estimate of drug-likeness (QED) is 0.542. The van der Waals surface area contributed by atoms with Crippen LogP contribution < -0.4 is 10.6 Å². The molecule has 0 saturated heterocycles. The minimum atomic E-state index is -0.629. The van der Waals surface area contributed by atoms with Crippen LogP contribution in [0.3, 0.4) is 0 Å². The maximum Gasteiger partial charge on any atom is 0.191 e. The third kappa shape index (κ3) is 5.47. The molecular weight excluding hydrogens is 344 g/mol. The van der Waals surface area contributed by atoms with Gasteiger partial charge in [0.25, 0.3) is 0 Å². The lowest BCUT2D eigenvalue weighted by Gasteiger charge is -2.15. The monoisotopic (exact) mass is 366 g/mol. The second-order valence-electron chi connectivity index (χ2n) is 5.39. The highest BCUT2D eigenvalue weighted by Gasteiger charge is 2.09. The predicted octanol–water partition coefficient (Wildman–Crippen LogP) is 3.20. The number of halogens is 1. The van der Waals surface area contributed by atoms with Gasteiger partial charge in [0.2, 0.25) is 0 Å². The second-order valence-corrected chi connectivity index (χ2v) is 7.12. The van der Waals surface area contributed by atoms with Gasteiger partial charge in [0.1, 0.15) is 5.01 Å². The van der Waals surface area contributed by atoms with Crippen LogP contribution in [0.1, 0.15) is 34.2 Å². The van der Waals surface area contributed by atoms with E-state index >= 15 is 0 Å². The molecule has 2 rings (SSSR count). The zero-order valence-electron chi connectivity index (χ0n) is 14.1. The van der Waals surface area contributed by atoms with Crippen LogP contribution in [0.5, 0.6) is 0 Å². The van der Waals surface area contributed by atoms with E-state index in [9.17, 15) is 5.11 Å². The summed E-state index contributed by atoms with van der Waals surface area (Å²) in [5, 5.41) is 18.2. The van der Waals surface area contributed by atoms with Gasteiger partial charge < -0.3 is 15.7 Å². The molecule has 1 aromatic heterocycles. The van der Waals surface area contributed by atoms with E-state index in [2.05, 4.69) is 27.5 Å². The summed E-state index contributed by atoms with van der Waals surface area (Å²) in [6.07, 6.45) is -0.629. The molecule has 1 heterocycles. The average Bonchev–Trinajstić information content (AvgIpc) is 2.88. The standard InChI is InChI=1S/C17H23ClN4OS/c1-4-19-17(21-10-16-22-11(2)12(3)24-16)20-9-15(23)13-5-7-14(18)8-6-13/h5-8,15,23H,4,9-10H2,1-3H3,(H2,19,20,21). The maximum atomic E-state index is 10.3. The van der Waals surface area contributed by atoms with Gasteiger partial charge in [0.05, 0.1) is 18.3 Å². The van der Waals surface area contributed by atoms with E-state index in [1.807, 2.05) is 26.0 Å². The predicted molar refractivity (Wildman–Crippen MR) is 101 cm³/mol. The van der Waals surface area contributed by atoms with E-state index in [-0.39, 0.29) is 0 Å². The van der Waals surface area contributed by atoms with E-state index in [1.54, 1.807) is 23.5 Å². The Labute approximate surface area is 151 Å². The summed E-state index contributed by atoms with van der Waals surface area (Å²) in [7, 11) is 0. The molecule has 24 heavy (non-hydrogen) atoms. The first kappa shape index (κ1) is 18.7. The molecule has 0 saturated carbocycles. The molecule has 0 fully saturated rings. The molecule has 1 unspecified atom stereocenters. The molecule has 3 N–H and O–H groups in total. The number of nitrogens with zero attached hydrogens (tertiary/aromatic N) is 2. The van der Waals surface area contributed by atoms with Crippen molar-refractivity contribution in [1.29, 1.82) is 0 Å². The van der Waals surface area contributed by atoms with E-state index in [0.717, 1.165) is 22.8 Å². The molecule has 0 aliphatic carbocycles. The zero-order valence-corrected chi connectivity index (χ0v) is 15.7. The molecule has 130 valence electrons. The number of hydrogen-bond acceptors (Lipinski definition) is 4. The Morgan fingerprint density at radius 2 is 2.00 bits per heavy atom. The minimum absolute atomic E-state index is 0.364. The number of benzene rings is 1. The normalized spacial score (nSPS) is 13.0. The van der Waals surface area contributed by atoms with Crippen molar-refractivity contribution in [3.63, 3.8) is 0 Å². The molecule has 0 amide bonds. The van der Waals surface area contributed by atoms with Crippen molar-refractivity contribution < 1.29 is 5.11 Å². The van der Waals surface area contributed by atoms with Crippen molar-refractivity contribution in [2.75, 3.05) is 13.1 Å². The van der Waals surface area contributed by atoms with Crippen LogP contribution in [0.4, 0.5) is 0 Å². The maximum absolute atomic E-state index is 10.3. The van der Waals surface area contributed by atoms with Crippen molar-refractivity contribution >= 4 is 28.9 Å². The van der Waals surface area contributed by atoms with Crippen LogP contribution in [-0.2, 0) is 6.54 Å². The Hall–Kier alpha value is -1.63. The lowest BCUT2D eigenvalue weighted by Crippen LogP contribution is -2.39. The largest absolute Gasteiger partial charge is 0.387 e. The number of aromatic nitrogens is 1. The summed E-state index contributed by atoms with van der Waals surface area (Å²) in [4.78, 5) is 10.2. The molecule has 1 aromatic carbocycles. The van der Waals surface area contributed by atoms with E-state index in [1.165, 1.54) is 4.88 Å². The van der Waals surface area contributed by atoms with Crippen molar-refractivity contribution in [2.45, 2.75) is 33.4 Å². The molecule has 5 nitrogen and oxygen atoms in total. The number of hydrogen-bond donors (Lipinski definition) is 3. The molecule has 0 aliphatic heterocycles. The molecule has 0 bridgehead atoms. The summed E-state index contributed by atoms with van der Waals surface area (Å²) < 4.78 is 0. The van der Waals surface area contributed by atoms with E-state index in [4.69, 9.17) is 11.6 Å². The Bertz CT molecular complexity index is 665. The van der Waals surface area contributed by atoms with Gasteiger partial charge in [0, 0.05) is 23.0 Å². The van der Waals surface area contributed by atoms with Crippen molar-refractivity contribution in [1.82, 2.24) is 15.6 Å². The Balaban J connectivity index is 1.94. The Kier molecular flexibility index (Phi) is 7.02. The number of aliphatic imine (C=N–C) groups is 1. The third-order valence-electron chi connectivity index (χ3n) is 3.51. The van der Waals surface area contributed by atoms with E-state index < -0.39 is 6.10 Å². The molecule has 0 aliphatic rings. The van der Waals surface area contributed by atoms with Gasteiger partial charge in [-0.1, -0.05) is 23.7 Å². The number of aliphatic hydroxyl groups excluding tert-OH is 1. The average molecular weight is 367 g/mol. The topological polar surface area (TPSA) is 69.5 Å². The number of aryl methyl sites for hydroxylation is 2. The van der Waals surface area contributed by atoms with Gasteiger partial charge >= 0.3 is 0 Å². The molecule has 0 spiro atoms. The molecular formula is C17H23ClN4OS. The lowest BCUT2D eigenvalue weighted by molar-refractivity contribution is 0.181. The van der Waals surface area contributed by atoms with Crippen molar-refractivity contribution in [3.05, 3.63) is 50.4 Å². The molecule has 0 radical (unpaired) electrons. The zero-order chi connectivity index (χ0) is 17.5. The van der Waals surface area contributed by atoms with Gasteiger partial charge in [-0.2, -0.15) is 0 Å². The Morgan fingerprint density at radius 3 is 2.58 bits per heavy atom. The van der Waals surface area contributed by atoms with Crippen molar-refractivity contribution in [3.8, 4) is 0 Å². The summed E-state index contributed by atoms with van der Waals surface area (Å²) in [5.74, 6) is 0.663. The van der Waals surface area contributed by atoms with Crippen LogP contribution in [0.15, 0.2) is 29.3 Å². The fourth-order valence-corrected chi connectivity index (χ4v) is 3.08.